The van der Waals surface area contributed by atoms with E-state index in [-0.39, 0.29) is 24.4 Å². The van der Waals surface area contributed by atoms with E-state index in [9.17, 15) is 9.90 Å². The van der Waals surface area contributed by atoms with Gasteiger partial charge in [0.25, 0.3) is 0 Å². The van der Waals surface area contributed by atoms with Crippen LogP contribution in [0.15, 0.2) is 12.1 Å². The number of carbonyl (C=O) groups excluding carboxylic acids is 1. The largest absolute Gasteiger partial charge is 0.507 e. The van der Waals surface area contributed by atoms with E-state index < -0.39 is 5.97 Å². The van der Waals surface area contributed by atoms with E-state index in [1.54, 1.807) is 19.1 Å². The molecule has 0 atom stereocenters. The van der Waals surface area contributed by atoms with Gasteiger partial charge in [-0.3, -0.25) is 0 Å². The Kier molecular flexibility index (Phi) is 4.88. The number of hydrogen-bond donors (Lipinski definition) is 2. The summed E-state index contributed by atoms with van der Waals surface area (Å²) < 4.78 is 4.98. The number of phenolic OH excluding ortho intramolecular Hbond substituents is 1. The molecule has 116 valence electrons. The zero-order chi connectivity index (χ0) is 15.5. The van der Waals surface area contributed by atoms with E-state index in [1.807, 2.05) is 0 Å². The summed E-state index contributed by atoms with van der Waals surface area (Å²) in [6.45, 7) is 3.76. The number of carbonyl (C=O) groups is 1. The summed E-state index contributed by atoms with van der Waals surface area (Å²) in [5.41, 5.74) is 1.90. The molecule has 1 saturated carbocycles. The molecule has 2 N–H and O–H groups in total. The molecule has 0 bridgehead atoms. The molecule has 0 spiro atoms. The van der Waals surface area contributed by atoms with E-state index in [2.05, 4.69) is 6.92 Å². The van der Waals surface area contributed by atoms with Gasteiger partial charge in [-0.1, -0.05) is 26.2 Å². The molecule has 0 aliphatic heterocycles. The molecule has 2 rings (SSSR count). The van der Waals surface area contributed by atoms with E-state index in [0.29, 0.717) is 11.1 Å². The molecular weight excluding hydrogens is 268 g/mol. The lowest BCUT2D eigenvalue weighted by atomic mass is 9.70. The van der Waals surface area contributed by atoms with Gasteiger partial charge >= 0.3 is 5.97 Å². The number of aliphatic hydroxyl groups excluding tert-OH is 1. The van der Waals surface area contributed by atoms with Crippen LogP contribution in [-0.4, -0.2) is 29.4 Å². The van der Waals surface area contributed by atoms with E-state index in [4.69, 9.17) is 9.84 Å². The number of aliphatic hydroxyl groups is 1. The SMILES string of the molecule is Cc1cc(C(=O)OCCO)cc(C2(C)CCCCC2)c1O. The zero-order valence-electron chi connectivity index (χ0n) is 12.8. The van der Waals surface area contributed by atoms with Gasteiger partial charge in [0.1, 0.15) is 12.4 Å². The smallest absolute Gasteiger partial charge is 0.338 e. The van der Waals surface area contributed by atoms with Gasteiger partial charge in [-0.2, -0.15) is 0 Å². The van der Waals surface area contributed by atoms with Crippen LogP contribution in [-0.2, 0) is 10.2 Å². The maximum atomic E-state index is 12.0. The van der Waals surface area contributed by atoms with Gasteiger partial charge in [-0.05, 0) is 42.9 Å². The molecule has 0 aromatic heterocycles. The summed E-state index contributed by atoms with van der Waals surface area (Å²) in [6.07, 6.45) is 5.57. The van der Waals surface area contributed by atoms with Crippen molar-refractivity contribution in [2.45, 2.75) is 51.4 Å². The minimum atomic E-state index is -0.451. The van der Waals surface area contributed by atoms with E-state index >= 15 is 0 Å². The third-order valence-electron chi connectivity index (χ3n) is 4.47. The lowest BCUT2D eigenvalue weighted by molar-refractivity contribution is 0.0433. The van der Waals surface area contributed by atoms with Gasteiger partial charge in [0.15, 0.2) is 0 Å². The van der Waals surface area contributed by atoms with Crippen LogP contribution < -0.4 is 0 Å². The van der Waals surface area contributed by atoms with Crippen LogP contribution in [0.2, 0.25) is 0 Å². The molecule has 0 heterocycles. The summed E-state index contributed by atoms with van der Waals surface area (Å²) >= 11 is 0. The molecule has 1 fully saturated rings. The van der Waals surface area contributed by atoms with Gasteiger partial charge in [0.05, 0.1) is 12.2 Å². The minimum Gasteiger partial charge on any atom is -0.507 e. The van der Waals surface area contributed by atoms with Gasteiger partial charge in [0, 0.05) is 5.56 Å². The van der Waals surface area contributed by atoms with Crippen LogP contribution in [0.3, 0.4) is 0 Å². The van der Waals surface area contributed by atoms with Crippen LogP contribution >= 0.6 is 0 Å². The average Bonchev–Trinajstić information content (AvgIpc) is 2.48. The number of rotatable bonds is 4. The molecule has 21 heavy (non-hydrogen) atoms. The molecular formula is C17H24O4. The highest BCUT2D eigenvalue weighted by Gasteiger charge is 2.32. The summed E-state index contributed by atoms with van der Waals surface area (Å²) in [5, 5.41) is 19.1. The molecule has 1 aromatic rings. The van der Waals surface area contributed by atoms with Crippen LogP contribution in [0.1, 0.15) is 60.5 Å². The van der Waals surface area contributed by atoms with Crippen LogP contribution in [0.25, 0.3) is 0 Å². The Bertz CT molecular complexity index is 516. The van der Waals surface area contributed by atoms with Gasteiger partial charge in [-0.25, -0.2) is 4.79 Å². The summed E-state index contributed by atoms with van der Waals surface area (Å²) in [4.78, 5) is 12.0. The van der Waals surface area contributed by atoms with Crippen LogP contribution in [0.4, 0.5) is 0 Å². The van der Waals surface area contributed by atoms with Crippen molar-refractivity contribution in [1.82, 2.24) is 0 Å². The summed E-state index contributed by atoms with van der Waals surface area (Å²) in [7, 11) is 0. The predicted molar refractivity (Wildman–Crippen MR) is 80.6 cm³/mol. The third kappa shape index (κ3) is 3.38. The number of benzene rings is 1. The van der Waals surface area contributed by atoms with Gasteiger partial charge in [-0.15, -0.1) is 0 Å². The molecule has 4 heteroatoms. The van der Waals surface area contributed by atoms with Crippen molar-refractivity contribution in [2.24, 2.45) is 0 Å². The highest BCUT2D eigenvalue weighted by molar-refractivity contribution is 5.90. The van der Waals surface area contributed by atoms with E-state index in [1.165, 1.54) is 6.42 Å². The maximum absolute atomic E-state index is 12.0. The van der Waals surface area contributed by atoms with Crippen molar-refractivity contribution in [3.05, 3.63) is 28.8 Å². The zero-order valence-corrected chi connectivity index (χ0v) is 12.8. The molecule has 4 nitrogen and oxygen atoms in total. The average molecular weight is 292 g/mol. The third-order valence-corrected chi connectivity index (χ3v) is 4.47. The Morgan fingerprint density at radius 3 is 2.57 bits per heavy atom. The summed E-state index contributed by atoms with van der Waals surface area (Å²) in [5.74, 6) is -0.161. The van der Waals surface area contributed by atoms with Gasteiger partial charge < -0.3 is 14.9 Å². The second kappa shape index (κ2) is 6.48. The number of aromatic hydroxyl groups is 1. The Labute approximate surface area is 125 Å². The van der Waals surface area contributed by atoms with Crippen molar-refractivity contribution in [2.75, 3.05) is 13.2 Å². The Morgan fingerprint density at radius 1 is 1.29 bits per heavy atom. The Hall–Kier alpha value is -1.55. The number of phenols is 1. The Morgan fingerprint density at radius 2 is 1.95 bits per heavy atom. The summed E-state index contributed by atoms with van der Waals surface area (Å²) in [6, 6.07) is 3.40. The monoisotopic (exact) mass is 292 g/mol. The van der Waals surface area contributed by atoms with Crippen LogP contribution in [0, 0.1) is 6.92 Å². The Balaban J connectivity index is 2.36. The second-order valence-electron chi connectivity index (χ2n) is 6.17. The minimum absolute atomic E-state index is 0.00857. The first-order valence-electron chi connectivity index (χ1n) is 7.60. The molecule has 1 aliphatic carbocycles. The molecule has 1 aliphatic rings. The lowest BCUT2D eigenvalue weighted by Crippen LogP contribution is -2.26. The lowest BCUT2D eigenvalue weighted by Gasteiger charge is -2.35. The fraction of sp³-hybridized carbons (Fsp3) is 0.588. The normalized spacial score (nSPS) is 17.5. The first-order chi connectivity index (χ1) is 9.98. The number of aryl methyl sites for hydroxylation is 1. The van der Waals surface area contributed by atoms with Gasteiger partial charge in [0.2, 0.25) is 0 Å². The highest BCUT2D eigenvalue weighted by Crippen LogP contribution is 2.44. The topological polar surface area (TPSA) is 66.8 Å². The number of esters is 1. The highest BCUT2D eigenvalue weighted by atomic mass is 16.5. The van der Waals surface area contributed by atoms with Crippen molar-refractivity contribution in [3.63, 3.8) is 0 Å². The maximum Gasteiger partial charge on any atom is 0.338 e. The predicted octanol–water partition coefficient (Wildman–Crippen LogP) is 3.07. The first-order valence-corrected chi connectivity index (χ1v) is 7.60. The second-order valence-corrected chi connectivity index (χ2v) is 6.17. The number of hydrogen-bond acceptors (Lipinski definition) is 4. The molecule has 0 unspecified atom stereocenters. The molecule has 0 saturated heterocycles. The van der Waals surface area contributed by atoms with Crippen molar-refractivity contribution >= 4 is 5.97 Å². The fourth-order valence-electron chi connectivity index (χ4n) is 3.18. The van der Waals surface area contributed by atoms with Crippen molar-refractivity contribution < 1.29 is 19.7 Å². The number of ether oxygens (including phenoxy) is 1. The molecule has 0 amide bonds. The standard InChI is InChI=1S/C17H24O4/c1-12-10-13(16(20)21-9-8-18)11-14(15(12)19)17(2)6-4-3-5-7-17/h10-11,18-19H,3-9H2,1-2H3. The quantitative estimate of drug-likeness (QED) is 0.837. The van der Waals surface area contributed by atoms with Crippen LogP contribution in [0.5, 0.6) is 5.75 Å². The molecule has 1 aromatic carbocycles. The van der Waals surface area contributed by atoms with Crippen molar-refractivity contribution in [3.8, 4) is 5.75 Å². The fourth-order valence-corrected chi connectivity index (χ4v) is 3.18. The first kappa shape index (κ1) is 15.8. The van der Waals surface area contributed by atoms with Crippen molar-refractivity contribution in [1.29, 1.82) is 0 Å². The van der Waals surface area contributed by atoms with E-state index in [0.717, 1.165) is 31.2 Å². The molecule has 0 radical (unpaired) electrons.